The van der Waals surface area contributed by atoms with Crippen LogP contribution in [-0.4, -0.2) is 17.6 Å². The fourth-order valence-corrected chi connectivity index (χ4v) is 3.29. The fourth-order valence-electron chi connectivity index (χ4n) is 2.00. The van der Waals surface area contributed by atoms with Crippen LogP contribution in [0.1, 0.15) is 27.4 Å². The number of hydrazine groups is 1. The summed E-state index contributed by atoms with van der Waals surface area (Å²) in [7, 11) is 0. The maximum atomic E-state index is 12.0. The Balaban J connectivity index is 1.83. The van der Waals surface area contributed by atoms with Crippen molar-refractivity contribution in [1.82, 2.24) is 10.9 Å². The van der Waals surface area contributed by atoms with Crippen LogP contribution < -0.4 is 10.9 Å². The van der Waals surface area contributed by atoms with Gasteiger partial charge in [-0.05, 0) is 50.6 Å². The van der Waals surface area contributed by atoms with Gasteiger partial charge in [-0.2, -0.15) is 0 Å². The zero-order valence-corrected chi connectivity index (χ0v) is 15.4. The van der Waals surface area contributed by atoms with E-state index in [1.165, 1.54) is 11.8 Å². The molecule has 2 rings (SSSR count). The van der Waals surface area contributed by atoms with Crippen LogP contribution >= 0.6 is 27.7 Å². The van der Waals surface area contributed by atoms with Crippen molar-refractivity contribution in [2.24, 2.45) is 0 Å². The van der Waals surface area contributed by atoms with E-state index < -0.39 is 5.91 Å². The number of furan rings is 1. The molecule has 0 unspecified atom stereocenters. The lowest BCUT2D eigenvalue weighted by atomic mass is 10.2. The molecule has 0 saturated heterocycles. The average molecular weight is 397 g/mol. The summed E-state index contributed by atoms with van der Waals surface area (Å²) >= 11 is 4.82. The molecular weight excluding hydrogens is 380 g/mol. The largest absolute Gasteiger partial charge is 0.466 e. The molecule has 1 heterocycles. The molecule has 0 bridgehead atoms. The highest BCUT2D eigenvalue weighted by Gasteiger charge is 2.14. The summed E-state index contributed by atoms with van der Waals surface area (Å²) in [4.78, 5) is 24.8. The highest BCUT2D eigenvalue weighted by molar-refractivity contribution is 9.10. The molecule has 0 saturated carbocycles. The molecule has 0 atom stereocenters. The Morgan fingerprint density at radius 2 is 1.91 bits per heavy atom. The summed E-state index contributed by atoms with van der Waals surface area (Å²) in [6.45, 7) is 5.45. The molecule has 23 heavy (non-hydrogen) atoms. The Kier molecular flexibility index (Phi) is 5.90. The lowest BCUT2D eigenvalue weighted by Gasteiger charge is -2.08. The van der Waals surface area contributed by atoms with Crippen LogP contribution in [0.3, 0.4) is 0 Å². The molecule has 122 valence electrons. The summed E-state index contributed by atoms with van der Waals surface area (Å²) in [5, 5.41) is 0. The summed E-state index contributed by atoms with van der Waals surface area (Å²) in [6, 6.07) is 7.51. The van der Waals surface area contributed by atoms with Crippen LogP contribution in [0.5, 0.6) is 0 Å². The van der Waals surface area contributed by atoms with Crippen molar-refractivity contribution in [2.75, 3.05) is 5.75 Å². The highest BCUT2D eigenvalue weighted by Crippen LogP contribution is 2.25. The minimum Gasteiger partial charge on any atom is -0.466 e. The number of aryl methyl sites for hydroxylation is 3. The van der Waals surface area contributed by atoms with E-state index in [-0.39, 0.29) is 11.7 Å². The van der Waals surface area contributed by atoms with Gasteiger partial charge in [0, 0.05) is 9.37 Å². The molecule has 2 amide bonds. The Bertz CT molecular complexity index is 743. The topological polar surface area (TPSA) is 71.3 Å². The van der Waals surface area contributed by atoms with E-state index in [9.17, 15) is 9.59 Å². The van der Waals surface area contributed by atoms with Gasteiger partial charge in [-0.3, -0.25) is 20.4 Å². The number of hydrogen-bond donors (Lipinski definition) is 2. The predicted molar refractivity (Wildman–Crippen MR) is 93.4 cm³/mol. The first-order chi connectivity index (χ1) is 10.9. The molecule has 0 aliphatic rings. The molecule has 1 aromatic carbocycles. The zero-order valence-electron chi connectivity index (χ0n) is 13.0. The van der Waals surface area contributed by atoms with Crippen molar-refractivity contribution in [1.29, 1.82) is 0 Å². The van der Waals surface area contributed by atoms with E-state index in [4.69, 9.17) is 4.42 Å². The Labute approximate surface area is 147 Å². The first-order valence-electron chi connectivity index (χ1n) is 6.92. The number of carbonyl (C=O) groups excluding carboxylic acids is 2. The third-order valence-corrected chi connectivity index (χ3v) is 4.77. The number of thioether (sulfide) groups is 1. The minimum atomic E-state index is -0.391. The van der Waals surface area contributed by atoms with Gasteiger partial charge >= 0.3 is 0 Å². The number of amides is 2. The summed E-state index contributed by atoms with van der Waals surface area (Å²) < 4.78 is 6.29. The number of benzene rings is 1. The number of hydrogen-bond acceptors (Lipinski definition) is 4. The SMILES string of the molecule is Cc1cc(C(=O)NNC(=O)CSc2ccc(Br)cc2C)c(C)o1. The summed E-state index contributed by atoms with van der Waals surface area (Å²) in [5.74, 6) is 0.724. The molecule has 5 nitrogen and oxygen atoms in total. The summed E-state index contributed by atoms with van der Waals surface area (Å²) in [5.41, 5.74) is 6.31. The van der Waals surface area contributed by atoms with Crippen molar-refractivity contribution in [2.45, 2.75) is 25.7 Å². The second-order valence-corrected chi connectivity index (χ2v) is 6.96. The molecule has 0 radical (unpaired) electrons. The van der Waals surface area contributed by atoms with Crippen LogP contribution in [0.2, 0.25) is 0 Å². The third kappa shape index (κ3) is 4.87. The van der Waals surface area contributed by atoms with Crippen LogP contribution in [0.25, 0.3) is 0 Å². The number of rotatable bonds is 4. The first kappa shape index (κ1) is 17.6. The van der Waals surface area contributed by atoms with E-state index in [0.29, 0.717) is 17.1 Å². The lowest BCUT2D eigenvalue weighted by Crippen LogP contribution is -2.42. The second-order valence-electron chi connectivity index (χ2n) is 5.03. The maximum Gasteiger partial charge on any atom is 0.273 e. The third-order valence-electron chi connectivity index (χ3n) is 3.10. The molecule has 2 aromatic rings. The van der Waals surface area contributed by atoms with Gasteiger partial charge in [-0.1, -0.05) is 15.9 Å². The Morgan fingerprint density at radius 1 is 1.17 bits per heavy atom. The van der Waals surface area contributed by atoms with E-state index >= 15 is 0 Å². The Hall–Kier alpha value is -1.73. The lowest BCUT2D eigenvalue weighted by molar-refractivity contribution is -0.119. The highest BCUT2D eigenvalue weighted by atomic mass is 79.9. The van der Waals surface area contributed by atoms with Crippen LogP contribution in [0.4, 0.5) is 0 Å². The molecule has 1 aromatic heterocycles. The number of nitrogens with one attached hydrogen (secondary N) is 2. The van der Waals surface area contributed by atoms with Crippen molar-refractivity contribution >= 4 is 39.5 Å². The molecule has 0 fully saturated rings. The fraction of sp³-hybridized carbons (Fsp3) is 0.250. The van der Waals surface area contributed by atoms with E-state index in [2.05, 4.69) is 26.8 Å². The number of halogens is 1. The quantitative estimate of drug-likeness (QED) is 0.612. The Morgan fingerprint density at radius 3 is 2.52 bits per heavy atom. The molecule has 0 aliphatic carbocycles. The average Bonchev–Trinajstić information content (AvgIpc) is 2.82. The molecule has 0 spiro atoms. The van der Waals surface area contributed by atoms with Crippen molar-refractivity contribution in [3.05, 3.63) is 51.4 Å². The van der Waals surface area contributed by atoms with Crippen molar-refractivity contribution in [3.8, 4) is 0 Å². The van der Waals surface area contributed by atoms with Gasteiger partial charge in [0.25, 0.3) is 5.91 Å². The maximum absolute atomic E-state index is 12.0. The van der Waals surface area contributed by atoms with Gasteiger partial charge in [0.2, 0.25) is 5.91 Å². The van der Waals surface area contributed by atoms with Gasteiger partial charge in [-0.25, -0.2) is 0 Å². The standard InChI is InChI=1S/C16H17BrN2O3S/c1-9-6-12(17)4-5-14(9)23-8-15(20)18-19-16(21)13-7-10(2)22-11(13)3/h4-7H,8H2,1-3H3,(H,18,20)(H,19,21). The van der Waals surface area contributed by atoms with Crippen molar-refractivity contribution in [3.63, 3.8) is 0 Å². The van der Waals surface area contributed by atoms with Gasteiger partial charge in [0.15, 0.2) is 0 Å². The zero-order chi connectivity index (χ0) is 17.0. The van der Waals surface area contributed by atoms with Crippen LogP contribution in [-0.2, 0) is 4.79 Å². The smallest absolute Gasteiger partial charge is 0.273 e. The van der Waals surface area contributed by atoms with E-state index in [1.807, 2.05) is 25.1 Å². The van der Waals surface area contributed by atoms with Crippen LogP contribution in [0.15, 0.2) is 38.1 Å². The molecule has 7 heteroatoms. The van der Waals surface area contributed by atoms with Gasteiger partial charge in [0.1, 0.15) is 11.5 Å². The predicted octanol–water partition coefficient (Wildman–Crippen LogP) is 3.52. The van der Waals surface area contributed by atoms with Gasteiger partial charge in [0.05, 0.1) is 11.3 Å². The second kappa shape index (κ2) is 7.70. The van der Waals surface area contributed by atoms with Crippen molar-refractivity contribution < 1.29 is 14.0 Å². The monoisotopic (exact) mass is 396 g/mol. The first-order valence-corrected chi connectivity index (χ1v) is 8.70. The molecule has 0 aliphatic heterocycles. The van der Waals surface area contributed by atoms with Crippen LogP contribution in [0, 0.1) is 20.8 Å². The summed E-state index contributed by atoms with van der Waals surface area (Å²) in [6.07, 6.45) is 0. The number of carbonyl (C=O) groups is 2. The minimum absolute atomic E-state index is 0.214. The van der Waals surface area contributed by atoms with E-state index in [1.54, 1.807) is 19.9 Å². The molecule has 2 N–H and O–H groups in total. The normalized spacial score (nSPS) is 10.4. The van der Waals surface area contributed by atoms with Gasteiger partial charge < -0.3 is 4.42 Å². The van der Waals surface area contributed by atoms with Gasteiger partial charge in [-0.15, -0.1) is 11.8 Å². The van der Waals surface area contributed by atoms with E-state index in [0.717, 1.165) is 14.9 Å². The molecular formula is C16H17BrN2O3S.